The Morgan fingerprint density at radius 2 is 1.88 bits per heavy atom. The number of hydrogen-bond acceptors (Lipinski definition) is 5. The van der Waals surface area contributed by atoms with Crippen molar-refractivity contribution < 1.29 is 22.5 Å². The molecule has 0 unspecified atom stereocenters. The summed E-state index contributed by atoms with van der Waals surface area (Å²) in [5.74, 6) is -0.745. The molecule has 0 amide bonds. The molecule has 1 saturated carbocycles. The Balaban J connectivity index is 2.14. The van der Waals surface area contributed by atoms with Crippen LogP contribution in [0.5, 0.6) is 0 Å². The molecule has 0 saturated heterocycles. The van der Waals surface area contributed by atoms with Gasteiger partial charge in [0.05, 0.1) is 22.6 Å². The van der Waals surface area contributed by atoms with Crippen molar-refractivity contribution in [3.05, 3.63) is 0 Å². The molecule has 16 heavy (non-hydrogen) atoms. The Hall–Kier alpha value is -0.620. The standard InChI is InChI=1S/C10H18O5S/c11-10(9-5-2-1-3-6-9)15-7-4-8-16(12,13)14/h9H,1-8H2,(H,12,13,14)/p-1. The van der Waals surface area contributed by atoms with E-state index >= 15 is 0 Å². The molecule has 0 spiro atoms. The monoisotopic (exact) mass is 249 g/mol. The second kappa shape index (κ2) is 6.20. The summed E-state index contributed by atoms with van der Waals surface area (Å²) in [4.78, 5) is 11.5. The minimum absolute atomic E-state index is 0.0246. The molecule has 0 N–H and O–H groups in total. The zero-order valence-electron chi connectivity index (χ0n) is 9.18. The van der Waals surface area contributed by atoms with Crippen LogP contribution in [0.15, 0.2) is 0 Å². The third-order valence-electron chi connectivity index (χ3n) is 2.72. The maximum Gasteiger partial charge on any atom is 0.308 e. The molecule has 0 bridgehead atoms. The first-order valence-corrected chi connectivity index (χ1v) is 7.17. The smallest absolute Gasteiger partial charge is 0.308 e. The fourth-order valence-corrected chi connectivity index (χ4v) is 2.34. The van der Waals surface area contributed by atoms with Crippen LogP contribution < -0.4 is 0 Å². The van der Waals surface area contributed by atoms with Gasteiger partial charge in [-0.15, -0.1) is 0 Å². The van der Waals surface area contributed by atoms with Crippen LogP contribution in [-0.2, 0) is 19.6 Å². The first-order chi connectivity index (χ1) is 7.49. The van der Waals surface area contributed by atoms with Crippen molar-refractivity contribution in [3.8, 4) is 0 Å². The van der Waals surface area contributed by atoms with Crippen molar-refractivity contribution in [2.24, 2.45) is 5.92 Å². The van der Waals surface area contributed by atoms with Gasteiger partial charge in [0.15, 0.2) is 0 Å². The van der Waals surface area contributed by atoms with Gasteiger partial charge in [0.25, 0.3) is 0 Å². The predicted molar refractivity (Wildman–Crippen MR) is 56.7 cm³/mol. The molecule has 0 heterocycles. The lowest BCUT2D eigenvalue weighted by atomic mass is 9.89. The van der Waals surface area contributed by atoms with Crippen molar-refractivity contribution >= 4 is 16.1 Å². The largest absolute Gasteiger partial charge is 0.748 e. The van der Waals surface area contributed by atoms with Crippen LogP contribution in [0.1, 0.15) is 38.5 Å². The van der Waals surface area contributed by atoms with E-state index in [0.29, 0.717) is 0 Å². The van der Waals surface area contributed by atoms with Gasteiger partial charge in [-0.1, -0.05) is 19.3 Å². The summed E-state index contributed by atoms with van der Waals surface area (Å²) in [6.07, 6.45) is 5.07. The molecule has 0 radical (unpaired) electrons. The van der Waals surface area contributed by atoms with Crippen LogP contribution in [0, 0.1) is 5.92 Å². The van der Waals surface area contributed by atoms with E-state index < -0.39 is 15.9 Å². The highest BCUT2D eigenvalue weighted by molar-refractivity contribution is 7.85. The average molecular weight is 249 g/mol. The Bertz CT molecular complexity index is 316. The van der Waals surface area contributed by atoms with E-state index in [9.17, 15) is 17.8 Å². The molecule has 0 aromatic rings. The number of ether oxygens (including phenoxy) is 1. The summed E-state index contributed by atoms with van der Waals surface area (Å²) in [6.45, 7) is 0.0246. The fourth-order valence-electron chi connectivity index (χ4n) is 1.86. The Morgan fingerprint density at radius 3 is 2.44 bits per heavy atom. The minimum atomic E-state index is -4.19. The van der Waals surface area contributed by atoms with Gasteiger partial charge in [-0.05, 0) is 19.3 Å². The number of hydrogen-bond donors (Lipinski definition) is 0. The van der Waals surface area contributed by atoms with Crippen LogP contribution >= 0.6 is 0 Å². The van der Waals surface area contributed by atoms with Crippen molar-refractivity contribution in [1.29, 1.82) is 0 Å². The highest BCUT2D eigenvalue weighted by Crippen LogP contribution is 2.24. The number of carbonyl (C=O) groups excluding carboxylic acids is 1. The molecule has 94 valence electrons. The summed E-state index contributed by atoms with van der Waals surface area (Å²) in [5, 5.41) is 0. The molecule has 6 heteroatoms. The molecule has 0 aromatic carbocycles. The molecule has 1 aliphatic rings. The van der Waals surface area contributed by atoms with Crippen molar-refractivity contribution in [2.75, 3.05) is 12.4 Å². The maximum absolute atomic E-state index is 11.5. The minimum Gasteiger partial charge on any atom is -0.748 e. The number of esters is 1. The fraction of sp³-hybridized carbons (Fsp3) is 0.900. The van der Waals surface area contributed by atoms with E-state index in [2.05, 4.69) is 0 Å². The van der Waals surface area contributed by atoms with Crippen LogP contribution in [0.25, 0.3) is 0 Å². The second-order valence-corrected chi connectivity index (χ2v) is 5.64. The third kappa shape index (κ3) is 5.46. The SMILES string of the molecule is O=C(OCCCS(=O)(=O)[O-])C1CCCCC1. The van der Waals surface area contributed by atoms with Crippen LogP contribution in [0.2, 0.25) is 0 Å². The molecule has 1 aliphatic carbocycles. The van der Waals surface area contributed by atoms with Gasteiger partial charge in [-0.3, -0.25) is 4.79 Å². The van der Waals surface area contributed by atoms with E-state index in [1.165, 1.54) is 0 Å². The van der Waals surface area contributed by atoms with Crippen molar-refractivity contribution in [2.45, 2.75) is 38.5 Å². The molecular formula is C10H17O5S-. The van der Waals surface area contributed by atoms with Crippen LogP contribution in [0.4, 0.5) is 0 Å². The molecule has 1 rings (SSSR count). The highest BCUT2D eigenvalue weighted by Gasteiger charge is 2.22. The molecule has 5 nitrogen and oxygen atoms in total. The highest BCUT2D eigenvalue weighted by atomic mass is 32.2. The zero-order valence-corrected chi connectivity index (χ0v) is 10.0. The van der Waals surface area contributed by atoms with Crippen molar-refractivity contribution in [1.82, 2.24) is 0 Å². The Kier molecular flexibility index (Phi) is 5.21. The average Bonchev–Trinajstić information content (AvgIpc) is 2.24. The van der Waals surface area contributed by atoms with Gasteiger partial charge in [-0.25, -0.2) is 8.42 Å². The zero-order chi connectivity index (χ0) is 12.0. The lowest BCUT2D eigenvalue weighted by Crippen LogP contribution is -2.21. The van der Waals surface area contributed by atoms with E-state index in [-0.39, 0.29) is 24.9 Å². The summed E-state index contributed by atoms with van der Waals surface area (Å²) >= 11 is 0. The van der Waals surface area contributed by atoms with Gasteiger partial charge in [0.2, 0.25) is 0 Å². The van der Waals surface area contributed by atoms with Gasteiger partial charge in [0, 0.05) is 5.75 Å². The van der Waals surface area contributed by atoms with Gasteiger partial charge < -0.3 is 9.29 Å². The summed E-state index contributed by atoms with van der Waals surface area (Å²) < 4.78 is 35.8. The second-order valence-electron chi connectivity index (χ2n) is 4.12. The summed E-state index contributed by atoms with van der Waals surface area (Å²) in [5.41, 5.74) is 0. The van der Waals surface area contributed by atoms with Gasteiger partial charge in [0.1, 0.15) is 0 Å². The first kappa shape index (κ1) is 13.4. The lowest BCUT2D eigenvalue weighted by Gasteiger charge is -2.19. The van der Waals surface area contributed by atoms with Crippen LogP contribution in [0.3, 0.4) is 0 Å². The van der Waals surface area contributed by atoms with E-state index in [1.54, 1.807) is 0 Å². The van der Waals surface area contributed by atoms with Gasteiger partial charge >= 0.3 is 5.97 Å². The normalized spacial score (nSPS) is 18.3. The molecule has 0 atom stereocenters. The summed E-state index contributed by atoms with van der Waals surface area (Å²) in [6, 6.07) is 0. The summed E-state index contributed by atoms with van der Waals surface area (Å²) in [7, 11) is -4.19. The van der Waals surface area contributed by atoms with E-state index in [0.717, 1.165) is 32.1 Å². The molecule has 0 aromatic heterocycles. The third-order valence-corrected chi connectivity index (χ3v) is 3.51. The predicted octanol–water partition coefficient (Wildman–Crippen LogP) is 1.05. The quantitative estimate of drug-likeness (QED) is 0.413. The van der Waals surface area contributed by atoms with Gasteiger partial charge in [-0.2, -0.15) is 0 Å². The maximum atomic E-state index is 11.5. The molecule has 1 fully saturated rings. The lowest BCUT2D eigenvalue weighted by molar-refractivity contribution is -0.149. The molecular weight excluding hydrogens is 232 g/mol. The van der Waals surface area contributed by atoms with E-state index in [1.807, 2.05) is 0 Å². The number of rotatable bonds is 5. The Labute approximate surface area is 95.9 Å². The first-order valence-electron chi connectivity index (χ1n) is 5.59. The molecule has 0 aliphatic heterocycles. The van der Waals surface area contributed by atoms with Crippen molar-refractivity contribution in [3.63, 3.8) is 0 Å². The van der Waals surface area contributed by atoms with Crippen LogP contribution in [-0.4, -0.2) is 31.3 Å². The topological polar surface area (TPSA) is 83.5 Å². The Morgan fingerprint density at radius 1 is 1.25 bits per heavy atom. The number of carbonyl (C=O) groups is 1. The van der Waals surface area contributed by atoms with E-state index in [4.69, 9.17) is 4.74 Å².